The van der Waals surface area contributed by atoms with Gasteiger partial charge in [0.1, 0.15) is 24.0 Å². The third kappa shape index (κ3) is 3.84. The number of benzene rings is 3. The maximum absolute atomic E-state index is 14.3. The fraction of sp³-hybridized carbons (Fsp3) is 0.231. The van der Waals surface area contributed by atoms with Crippen LogP contribution in [0, 0.1) is 12.7 Å². The Balaban J connectivity index is 1.41. The molecule has 0 bridgehead atoms. The molecule has 0 radical (unpaired) electrons. The fourth-order valence-electron chi connectivity index (χ4n) is 4.31. The number of aryl methyl sites for hydroxylation is 1. The summed E-state index contributed by atoms with van der Waals surface area (Å²) in [6.07, 6.45) is 0.302. The third-order valence-corrected chi connectivity index (χ3v) is 5.92. The molecule has 1 aliphatic rings. The van der Waals surface area contributed by atoms with Crippen molar-refractivity contribution in [2.24, 2.45) is 0 Å². The summed E-state index contributed by atoms with van der Waals surface area (Å²) >= 11 is 0. The van der Waals surface area contributed by atoms with E-state index in [0.717, 1.165) is 22.6 Å². The van der Waals surface area contributed by atoms with Crippen LogP contribution in [0.3, 0.4) is 0 Å². The van der Waals surface area contributed by atoms with Crippen molar-refractivity contribution < 1.29 is 13.9 Å². The highest BCUT2D eigenvalue weighted by Gasteiger charge is 2.35. The number of hydrogen-bond donors (Lipinski definition) is 0. The molecule has 1 saturated heterocycles. The van der Waals surface area contributed by atoms with Crippen molar-refractivity contribution in [1.29, 1.82) is 0 Å². The second kappa shape index (κ2) is 8.46. The number of aromatic nitrogens is 2. The molecule has 3 aromatic carbocycles. The van der Waals surface area contributed by atoms with Crippen LogP contribution in [0.5, 0.6) is 5.75 Å². The number of ether oxygens (including phenoxy) is 1. The summed E-state index contributed by atoms with van der Waals surface area (Å²) < 4.78 is 22.4. The minimum Gasteiger partial charge on any atom is -0.492 e. The zero-order valence-electron chi connectivity index (χ0n) is 17.9. The van der Waals surface area contributed by atoms with Gasteiger partial charge in [-0.1, -0.05) is 42.0 Å². The lowest BCUT2D eigenvalue weighted by Gasteiger charge is -2.18. The molecule has 32 heavy (non-hydrogen) atoms. The number of amides is 1. The van der Waals surface area contributed by atoms with Crippen molar-refractivity contribution in [2.45, 2.75) is 25.8 Å². The molecular formula is C26H24FN3O2. The lowest BCUT2D eigenvalue weighted by atomic mass is 10.1. The van der Waals surface area contributed by atoms with Crippen LogP contribution in [0.2, 0.25) is 0 Å². The van der Waals surface area contributed by atoms with E-state index in [1.54, 1.807) is 18.2 Å². The first-order valence-corrected chi connectivity index (χ1v) is 10.8. The Hall–Kier alpha value is -3.67. The van der Waals surface area contributed by atoms with Gasteiger partial charge in [0, 0.05) is 18.9 Å². The average Bonchev–Trinajstić information content (AvgIpc) is 3.36. The summed E-state index contributed by atoms with van der Waals surface area (Å²) in [5.41, 5.74) is 3.40. The highest BCUT2D eigenvalue weighted by Crippen LogP contribution is 2.34. The van der Waals surface area contributed by atoms with Crippen molar-refractivity contribution in [1.82, 2.24) is 9.55 Å². The Morgan fingerprint density at radius 3 is 2.59 bits per heavy atom. The second-order valence-corrected chi connectivity index (χ2v) is 8.13. The van der Waals surface area contributed by atoms with Crippen molar-refractivity contribution in [3.05, 3.63) is 90.0 Å². The van der Waals surface area contributed by atoms with E-state index < -0.39 is 0 Å². The first kappa shape index (κ1) is 20.2. The van der Waals surface area contributed by atoms with Crippen LogP contribution in [-0.2, 0) is 11.3 Å². The van der Waals surface area contributed by atoms with Crippen LogP contribution in [0.15, 0.2) is 72.8 Å². The molecule has 0 N–H and O–H groups in total. The zero-order valence-corrected chi connectivity index (χ0v) is 17.9. The van der Waals surface area contributed by atoms with Gasteiger partial charge in [0.05, 0.1) is 23.3 Å². The predicted octanol–water partition coefficient (Wildman–Crippen LogP) is 5.08. The molecule has 1 fully saturated rings. The minimum absolute atomic E-state index is 0.0883. The quantitative estimate of drug-likeness (QED) is 0.429. The molecule has 1 amide bonds. The predicted molar refractivity (Wildman–Crippen MR) is 123 cm³/mol. The molecule has 0 spiro atoms. The average molecular weight is 429 g/mol. The molecule has 0 saturated carbocycles. The van der Waals surface area contributed by atoms with E-state index in [9.17, 15) is 9.18 Å². The maximum Gasteiger partial charge on any atom is 0.227 e. The topological polar surface area (TPSA) is 47.4 Å². The number of anilines is 1. The van der Waals surface area contributed by atoms with Gasteiger partial charge in [-0.25, -0.2) is 9.37 Å². The lowest BCUT2D eigenvalue weighted by Crippen LogP contribution is -2.25. The molecular weight excluding hydrogens is 405 g/mol. The molecule has 1 atom stereocenters. The Morgan fingerprint density at radius 2 is 1.78 bits per heavy atom. The number of hydrogen-bond acceptors (Lipinski definition) is 3. The maximum atomic E-state index is 14.3. The number of carbonyl (C=O) groups is 1. The summed E-state index contributed by atoms with van der Waals surface area (Å²) in [7, 11) is 0. The van der Waals surface area contributed by atoms with Gasteiger partial charge in [0.15, 0.2) is 0 Å². The summed E-state index contributed by atoms with van der Waals surface area (Å²) in [6.45, 7) is 3.53. The lowest BCUT2D eigenvalue weighted by molar-refractivity contribution is -0.117. The molecule has 6 heteroatoms. The first-order valence-electron chi connectivity index (χ1n) is 10.8. The highest BCUT2D eigenvalue weighted by molar-refractivity contribution is 5.96. The Kier molecular flexibility index (Phi) is 5.35. The highest BCUT2D eigenvalue weighted by atomic mass is 19.1. The van der Waals surface area contributed by atoms with Crippen molar-refractivity contribution >= 4 is 22.6 Å². The van der Waals surface area contributed by atoms with E-state index in [2.05, 4.69) is 4.57 Å². The Labute approximate surface area is 186 Å². The monoisotopic (exact) mass is 429 g/mol. The van der Waals surface area contributed by atoms with Crippen molar-refractivity contribution in [3.63, 3.8) is 0 Å². The summed E-state index contributed by atoms with van der Waals surface area (Å²) in [4.78, 5) is 19.1. The van der Waals surface area contributed by atoms with Gasteiger partial charge in [-0.2, -0.15) is 0 Å². The van der Waals surface area contributed by atoms with Gasteiger partial charge in [-0.05, 0) is 43.3 Å². The molecule has 5 nitrogen and oxygen atoms in total. The molecule has 4 aromatic rings. The van der Waals surface area contributed by atoms with Gasteiger partial charge in [0.2, 0.25) is 5.91 Å². The molecule has 162 valence electrons. The summed E-state index contributed by atoms with van der Waals surface area (Å²) in [6, 6.07) is 22.3. The number of fused-ring (bicyclic) bond motifs is 1. The molecule has 5 rings (SSSR count). The normalized spacial score (nSPS) is 16.1. The third-order valence-electron chi connectivity index (χ3n) is 5.92. The van der Waals surface area contributed by atoms with E-state index in [1.165, 1.54) is 16.5 Å². The van der Waals surface area contributed by atoms with Crippen LogP contribution >= 0.6 is 0 Å². The fourth-order valence-corrected chi connectivity index (χ4v) is 4.31. The molecule has 2 heterocycles. The van der Waals surface area contributed by atoms with Crippen LogP contribution in [0.25, 0.3) is 11.0 Å². The van der Waals surface area contributed by atoms with Gasteiger partial charge >= 0.3 is 0 Å². The van der Waals surface area contributed by atoms with Crippen molar-refractivity contribution in [3.8, 4) is 5.75 Å². The largest absolute Gasteiger partial charge is 0.492 e. The molecule has 1 aromatic heterocycles. The first-order chi connectivity index (χ1) is 15.6. The van der Waals surface area contributed by atoms with E-state index >= 15 is 0 Å². The number of nitrogens with zero attached hydrogens (tertiary/aromatic N) is 3. The van der Waals surface area contributed by atoms with E-state index in [1.807, 2.05) is 55.5 Å². The van der Waals surface area contributed by atoms with Gasteiger partial charge in [0.25, 0.3) is 0 Å². The Morgan fingerprint density at radius 1 is 1.03 bits per heavy atom. The molecule has 1 aliphatic heterocycles. The van der Waals surface area contributed by atoms with E-state index in [4.69, 9.17) is 9.72 Å². The minimum atomic E-state index is -0.387. The van der Waals surface area contributed by atoms with Crippen LogP contribution in [0.1, 0.15) is 23.7 Å². The van der Waals surface area contributed by atoms with Gasteiger partial charge in [-0.15, -0.1) is 0 Å². The number of rotatable bonds is 6. The van der Waals surface area contributed by atoms with Crippen molar-refractivity contribution in [2.75, 3.05) is 18.1 Å². The van der Waals surface area contributed by atoms with Crippen LogP contribution in [-0.4, -0.2) is 28.6 Å². The second-order valence-electron chi connectivity index (χ2n) is 8.13. The van der Waals surface area contributed by atoms with E-state index in [-0.39, 0.29) is 17.6 Å². The Bertz CT molecular complexity index is 1270. The number of para-hydroxylation sites is 3. The number of halogens is 1. The van der Waals surface area contributed by atoms with E-state index in [0.29, 0.717) is 31.8 Å². The smallest absolute Gasteiger partial charge is 0.227 e. The molecule has 0 aliphatic carbocycles. The summed E-state index contributed by atoms with van der Waals surface area (Å²) in [5, 5.41) is 0. The van der Waals surface area contributed by atoms with Crippen LogP contribution < -0.4 is 9.64 Å². The van der Waals surface area contributed by atoms with Gasteiger partial charge in [-0.3, -0.25) is 4.79 Å². The van der Waals surface area contributed by atoms with Gasteiger partial charge < -0.3 is 14.2 Å². The van der Waals surface area contributed by atoms with Crippen LogP contribution in [0.4, 0.5) is 10.1 Å². The molecule has 1 unspecified atom stereocenters. The number of imidazole rings is 1. The standard InChI is InChI=1S/C26H24FN3O2/c1-18-10-12-20(13-11-18)32-15-14-29-24-9-5-3-7-22(24)28-26(29)19-16-25(31)30(17-19)23-8-4-2-6-21(23)27/h2-13,19H,14-17H2,1H3. The summed E-state index contributed by atoms with van der Waals surface area (Å²) in [5.74, 6) is 1.07. The SMILES string of the molecule is Cc1ccc(OCCn2c(C3CC(=O)N(c4ccccc4F)C3)nc3ccccc32)cc1. The zero-order chi connectivity index (χ0) is 22.1. The number of carbonyl (C=O) groups excluding carboxylic acids is 1.